The van der Waals surface area contributed by atoms with E-state index in [1.807, 2.05) is 30.7 Å². The predicted molar refractivity (Wildman–Crippen MR) is 66.0 cm³/mol. The number of carboxylic acids is 1. The van der Waals surface area contributed by atoms with E-state index in [1.54, 1.807) is 6.92 Å². The number of fused-ring (bicyclic) bond motifs is 1. The Labute approximate surface area is 99.9 Å². The van der Waals surface area contributed by atoms with Crippen molar-refractivity contribution in [2.24, 2.45) is 13.0 Å². The van der Waals surface area contributed by atoms with Gasteiger partial charge in [0.2, 0.25) is 0 Å². The minimum absolute atomic E-state index is 0.411. The molecule has 1 heterocycles. The van der Waals surface area contributed by atoms with Gasteiger partial charge in [0.25, 0.3) is 0 Å². The van der Waals surface area contributed by atoms with Crippen LogP contribution in [0.5, 0.6) is 0 Å². The summed E-state index contributed by atoms with van der Waals surface area (Å²) in [5, 5.41) is 8.92. The van der Waals surface area contributed by atoms with Gasteiger partial charge in [-0.25, -0.2) is 4.98 Å². The fourth-order valence-corrected chi connectivity index (χ4v) is 1.89. The molecule has 4 nitrogen and oxygen atoms in total. The van der Waals surface area contributed by atoms with E-state index in [9.17, 15) is 4.79 Å². The van der Waals surface area contributed by atoms with Gasteiger partial charge in [-0.15, -0.1) is 0 Å². The van der Waals surface area contributed by atoms with E-state index < -0.39 is 11.9 Å². The molecular formula is C13H16N2O2. The highest BCUT2D eigenvalue weighted by atomic mass is 16.4. The molecule has 0 fully saturated rings. The SMILES string of the molecule is Cc1ccc2nc(CC(C)C(=O)O)n(C)c2c1. The first kappa shape index (κ1) is 11.6. The van der Waals surface area contributed by atoms with Gasteiger partial charge >= 0.3 is 5.97 Å². The molecule has 0 aliphatic heterocycles. The van der Waals surface area contributed by atoms with Gasteiger partial charge in [0.05, 0.1) is 17.0 Å². The monoisotopic (exact) mass is 232 g/mol. The molecule has 2 rings (SSSR count). The van der Waals surface area contributed by atoms with Crippen LogP contribution in [-0.4, -0.2) is 20.6 Å². The lowest BCUT2D eigenvalue weighted by atomic mass is 10.1. The van der Waals surface area contributed by atoms with Crippen LogP contribution in [0.25, 0.3) is 11.0 Å². The average Bonchev–Trinajstić information content (AvgIpc) is 2.56. The van der Waals surface area contributed by atoms with E-state index in [0.29, 0.717) is 6.42 Å². The molecule has 2 aromatic rings. The van der Waals surface area contributed by atoms with Crippen molar-refractivity contribution < 1.29 is 9.90 Å². The second-order valence-electron chi connectivity index (χ2n) is 4.52. The first-order chi connectivity index (χ1) is 7.99. The summed E-state index contributed by atoms with van der Waals surface area (Å²) in [4.78, 5) is 15.3. The van der Waals surface area contributed by atoms with E-state index in [1.165, 1.54) is 5.56 Å². The third-order valence-corrected chi connectivity index (χ3v) is 3.04. The van der Waals surface area contributed by atoms with Crippen LogP contribution in [0.4, 0.5) is 0 Å². The summed E-state index contributed by atoms with van der Waals surface area (Å²) in [5.74, 6) is -0.375. The fourth-order valence-electron chi connectivity index (χ4n) is 1.89. The van der Waals surface area contributed by atoms with E-state index in [2.05, 4.69) is 11.1 Å². The maximum Gasteiger partial charge on any atom is 0.306 e. The third-order valence-electron chi connectivity index (χ3n) is 3.04. The van der Waals surface area contributed by atoms with E-state index in [4.69, 9.17) is 5.11 Å². The number of benzene rings is 1. The molecular weight excluding hydrogens is 216 g/mol. The van der Waals surface area contributed by atoms with Crippen molar-refractivity contribution in [3.8, 4) is 0 Å². The topological polar surface area (TPSA) is 55.1 Å². The molecule has 1 N–H and O–H groups in total. The summed E-state index contributed by atoms with van der Waals surface area (Å²) in [7, 11) is 1.93. The second kappa shape index (κ2) is 4.20. The third kappa shape index (κ3) is 2.16. The fraction of sp³-hybridized carbons (Fsp3) is 0.385. The Bertz CT molecular complexity index is 572. The molecule has 0 saturated carbocycles. The largest absolute Gasteiger partial charge is 0.481 e. The summed E-state index contributed by atoms with van der Waals surface area (Å²) in [6.45, 7) is 3.74. The van der Waals surface area contributed by atoms with Gasteiger partial charge in [0.1, 0.15) is 5.82 Å². The Balaban J connectivity index is 2.42. The highest BCUT2D eigenvalue weighted by Crippen LogP contribution is 2.18. The Morgan fingerprint density at radius 1 is 1.53 bits per heavy atom. The Morgan fingerprint density at radius 3 is 2.88 bits per heavy atom. The molecule has 1 aromatic carbocycles. The van der Waals surface area contributed by atoms with Crippen molar-refractivity contribution in [1.82, 2.24) is 9.55 Å². The number of imidazole rings is 1. The van der Waals surface area contributed by atoms with Crippen molar-refractivity contribution in [2.75, 3.05) is 0 Å². The Kier molecular flexibility index (Phi) is 2.88. The zero-order valence-corrected chi connectivity index (χ0v) is 10.3. The van der Waals surface area contributed by atoms with E-state index >= 15 is 0 Å². The van der Waals surface area contributed by atoms with Crippen LogP contribution in [0, 0.1) is 12.8 Å². The molecule has 0 saturated heterocycles. The lowest BCUT2D eigenvalue weighted by molar-refractivity contribution is -0.141. The molecule has 0 amide bonds. The molecule has 0 aliphatic carbocycles. The van der Waals surface area contributed by atoms with Crippen molar-refractivity contribution in [3.63, 3.8) is 0 Å². The van der Waals surface area contributed by atoms with Crippen molar-refractivity contribution >= 4 is 17.0 Å². The van der Waals surface area contributed by atoms with Crippen molar-refractivity contribution in [3.05, 3.63) is 29.6 Å². The molecule has 1 aromatic heterocycles. The summed E-state index contributed by atoms with van der Waals surface area (Å²) >= 11 is 0. The number of carbonyl (C=O) groups is 1. The van der Waals surface area contributed by atoms with Gasteiger partial charge in [-0.1, -0.05) is 13.0 Å². The number of rotatable bonds is 3. The van der Waals surface area contributed by atoms with Crippen molar-refractivity contribution in [1.29, 1.82) is 0 Å². The molecule has 0 spiro atoms. The van der Waals surface area contributed by atoms with Crippen LogP contribution in [-0.2, 0) is 18.3 Å². The number of carboxylic acid groups (broad SMARTS) is 1. The van der Waals surface area contributed by atoms with Crippen LogP contribution in [0.15, 0.2) is 18.2 Å². The molecule has 17 heavy (non-hydrogen) atoms. The van der Waals surface area contributed by atoms with Crippen LogP contribution in [0.2, 0.25) is 0 Å². The normalized spacial score (nSPS) is 12.9. The minimum atomic E-state index is -0.784. The quantitative estimate of drug-likeness (QED) is 0.882. The number of hydrogen-bond donors (Lipinski definition) is 1. The van der Waals surface area contributed by atoms with Crippen LogP contribution < -0.4 is 0 Å². The molecule has 90 valence electrons. The van der Waals surface area contributed by atoms with E-state index in [-0.39, 0.29) is 0 Å². The van der Waals surface area contributed by atoms with E-state index in [0.717, 1.165) is 16.9 Å². The summed E-state index contributed by atoms with van der Waals surface area (Å²) in [5.41, 5.74) is 3.15. The maximum atomic E-state index is 10.8. The van der Waals surface area contributed by atoms with Crippen LogP contribution in [0.3, 0.4) is 0 Å². The zero-order valence-electron chi connectivity index (χ0n) is 10.3. The minimum Gasteiger partial charge on any atom is -0.481 e. The number of aromatic nitrogens is 2. The molecule has 0 aliphatic rings. The lowest BCUT2D eigenvalue weighted by Crippen LogP contribution is -2.14. The van der Waals surface area contributed by atoms with Gasteiger partial charge < -0.3 is 9.67 Å². The molecule has 4 heteroatoms. The molecule has 1 atom stereocenters. The van der Waals surface area contributed by atoms with Gasteiger partial charge in [-0.3, -0.25) is 4.79 Å². The number of aryl methyl sites for hydroxylation is 2. The van der Waals surface area contributed by atoms with Crippen LogP contribution >= 0.6 is 0 Å². The molecule has 1 unspecified atom stereocenters. The first-order valence-corrected chi connectivity index (χ1v) is 5.64. The zero-order chi connectivity index (χ0) is 12.6. The summed E-state index contributed by atoms with van der Waals surface area (Å²) in [6, 6.07) is 6.05. The van der Waals surface area contributed by atoms with Gasteiger partial charge in [0.15, 0.2) is 0 Å². The number of hydrogen-bond acceptors (Lipinski definition) is 2. The number of nitrogens with zero attached hydrogens (tertiary/aromatic N) is 2. The second-order valence-corrected chi connectivity index (χ2v) is 4.52. The molecule has 0 radical (unpaired) electrons. The first-order valence-electron chi connectivity index (χ1n) is 5.64. The van der Waals surface area contributed by atoms with Crippen molar-refractivity contribution in [2.45, 2.75) is 20.3 Å². The molecule has 0 bridgehead atoms. The van der Waals surface area contributed by atoms with Gasteiger partial charge in [0, 0.05) is 13.5 Å². The summed E-state index contributed by atoms with van der Waals surface area (Å²) < 4.78 is 1.97. The Morgan fingerprint density at radius 2 is 2.24 bits per heavy atom. The van der Waals surface area contributed by atoms with Gasteiger partial charge in [-0.05, 0) is 24.6 Å². The highest BCUT2D eigenvalue weighted by Gasteiger charge is 2.16. The predicted octanol–water partition coefficient (Wildman–Crippen LogP) is 2.14. The number of aliphatic carboxylic acids is 1. The lowest BCUT2D eigenvalue weighted by Gasteiger charge is -2.06. The standard InChI is InChI=1S/C13H16N2O2/c1-8-4-5-10-11(6-8)15(3)12(14-10)7-9(2)13(16)17/h4-6,9H,7H2,1-3H3,(H,16,17). The smallest absolute Gasteiger partial charge is 0.306 e. The van der Waals surface area contributed by atoms with Gasteiger partial charge in [-0.2, -0.15) is 0 Å². The Hall–Kier alpha value is -1.84. The van der Waals surface area contributed by atoms with Crippen LogP contribution in [0.1, 0.15) is 18.3 Å². The average molecular weight is 232 g/mol. The summed E-state index contributed by atoms with van der Waals surface area (Å²) in [6.07, 6.45) is 0.458. The maximum absolute atomic E-state index is 10.8. The highest BCUT2D eigenvalue weighted by molar-refractivity contribution is 5.77.